The van der Waals surface area contributed by atoms with Gasteiger partial charge in [0.05, 0.1) is 24.7 Å². The molecule has 3 rings (SSSR count). The topological polar surface area (TPSA) is 29.5 Å². The number of alkyl halides is 3. The van der Waals surface area contributed by atoms with Gasteiger partial charge in [0, 0.05) is 13.1 Å². The van der Waals surface area contributed by atoms with Crippen molar-refractivity contribution in [1.29, 1.82) is 0 Å². The third-order valence-electron chi connectivity index (χ3n) is 4.70. The van der Waals surface area contributed by atoms with Crippen molar-refractivity contribution < 1.29 is 22.7 Å². The van der Waals surface area contributed by atoms with Crippen LogP contribution in [0, 0.1) is 0 Å². The lowest BCUT2D eigenvalue weighted by atomic mass is 10.1. The van der Waals surface area contributed by atoms with E-state index in [1.165, 1.54) is 12.1 Å². The number of hydrogen-bond donors (Lipinski definition) is 0. The van der Waals surface area contributed by atoms with Crippen LogP contribution in [0.1, 0.15) is 29.5 Å². The first kappa shape index (κ1) is 19.4. The van der Waals surface area contributed by atoms with Crippen LogP contribution in [0.4, 0.5) is 13.2 Å². The van der Waals surface area contributed by atoms with Gasteiger partial charge in [-0.25, -0.2) is 0 Å². The molecular weight excluding hydrogens is 355 g/mol. The molecule has 1 aliphatic heterocycles. The highest BCUT2D eigenvalue weighted by Crippen LogP contribution is 2.29. The SMILES string of the molecule is O=C(Cc1ccccc1)N1CCCC(OCc2ccc(C(F)(F)F)cc2)C1. The summed E-state index contributed by atoms with van der Waals surface area (Å²) in [6.07, 6.45) is -2.36. The molecule has 0 spiro atoms. The zero-order valence-electron chi connectivity index (χ0n) is 14.9. The normalized spacial score (nSPS) is 17.7. The van der Waals surface area contributed by atoms with Crippen LogP contribution in [0.3, 0.4) is 0 Å². The second-order valence-electron chi connectivity index (χ2n) is 6.77. The Morgan fingerprint density at radius 2 is 1.74 bits per heavy atom. The maximum absolute atomic E-state index is 12.6. The van der Waals surface area contributed by atoms with Crippen molar-refractivity contribution in [3.8, 4) is 0 Å². The summed E-state index contributed by atoms with van der Waals surface area (Å²) in [4.78, 5) is 14.3. The number of halogens is 3. The second-order valence-corrected chi connectivity index (χ2v) is 6.77. The first-order valence-electron chi connectivity index (χ1n) is 9.01. The molecule has 1 fully saturated rings. The first-order valence-corrected chi connectivity index (χ1v) is 9.01. The van der Waals surface area contributed by atoms with Crippen LogP contribution < -0.4 is 0 Å². The van der Waals surface area contributed by atoms with Crippen LogP contribution in [-0.4, -0.2) is 30.0 Å². The zero-order valence-corrected chi connectivity index (χ0v) is 14.9. The molecule has 3 nitrogen and oxygen atoms in total. The number of hydrogen-bond acceptors (Lipinski definition) is 2. The molecule has 1 heterocycles. The summed E-state index contributed by atoms with van der Waals surface area (Å²) < 4.78 is 43.7. The third kappa shape index (κ3) is 5.57. The standard InChI is InChI=1S/C21H22F3NO2/c22-21(23,24)18-10-8-17(9-11-18)15-27-19-7-4-12-25(14-19)20(26)13-16-5-2-1-3-6-16/h1-3,5-6,8-11,19H,4,7,12-15H2. The van der Waals surface area contributed by atoms with Crippen LogP contribution in [0.25, 0.3) is 0 Å². The number of piperidine rings is 1. The van der Waals surface area contributed by atoms with Crippen molar-refractivity contribution in [2.45, 2.75) is 38.1 Å². The van der Waals surface area contributed by atoms with E-state index >= 15 is 0 Å². The maximum Gasteiger partial charge on any atom is 0.416 e. The number of amides is 1. The van der Waals surface area contributed by atoms with E-state index in [-0.39, 0.29) is 18.6 Å². The van der Waals surface area contributed by atoms with Crippen molar-refractivity contribution in [2.75, 3.05) is 13.1 Å². The Morgan fingerprint density at radius 3 is 2.41 bits per heavy atom. The van der Waals surface area contributed by atoms with Gasteiger partial charge in [-0.1, -0.05) is 42.5 Å². The van der Waals surface area contributed by atoms with E-state index in [2.05, 4.69) is 0 Å². The molecule has 6 heteroatoms. The molecule has 2 aromatic carbocycles. The summed E-state index contributed by atoms with van der Waals surface area (Å²) in [6, 6.07) is 14.6. The van der Waals surface area contributed by atoms with Crippen molar-refractivity contribution >= 4 is 5.91 Å². The molecule has 0 saturated carbocycles. The molecule has 1 atom stereocenters. The van der Waals surface area contributed by atoms with Gasteiger partial charge in [0.15, 0.2) is 0 Å². The Balaban J connectivity index is 1.50. The molecule has 1 saturated heterocycles. The van der Waals surface area contributed by atoms with E-state index in [0.717, 1.165) is 30.5 Å². The van der Waals surface area contributed by atoms with E-state index in [9.17, 15) is 18.0 Å². The van der Waals surface area contributed by atoms with E-state index < -0.39 is 11.7 Å². The van der Waals surface area contributed by atoms with Gasteiger partial charge in [-0.3, -0.25) is 4.79 Å². The van der Waals surface area contributed by atoms with E-state index in [1.807, 2.05) is 35.2 Å². The maximum atomic E-state index is 12.6. The average Bonchev–Trinajstić information content (AvgIpc) is 2.67. The molecule has 144 valence electrons. The monoisotopic (exact) mass is 377 g/mol. The number of likely N-dealkylation sites (tertiary alicyclic amines) is 1. The third-order valence-corrected chi connectivity index (χ3v) is 4.70. The molecule has 1 unspecified atom stereocenters. The first-order chi connectivity index (χ1) is 12.9. The molecule has 2 aromatic rings. The van der Waals surface area contributed by atoms with Crippen LogP contribution in [-0.2, 0) is 28.7 Å². The summed E-state index contributed by atoms with van der Waals surface area (Å²) in [5.74, 6) is 0.0732. The van der Waals surface area contributed by atoms with E-state index in [1.54, 1.807) is 0 Å². The predicted octanol–water partition coefficient (Wildman–Crippen LogP) is 4.46. The minimum Gasteiger partial charge on any atom is -0.372 e. The molecule has 1 amide bonds. The van der Waals surface area contributed by atoms with Crippen LogP contribution >= 0.6 is 0 Å². The highest BCUT2D eigenvalue weighted by Gasteiger charge is 2.30. The second kappa shape index (κ2) is 8.57. The fraction of sp³-hybridized carbons (Fsp3) is 0.381. The highest BCUT2D eigenvalue weighted by molar-refractivity contribution is 5.78. The zero-order chi connectivity index (χ0) is 19.3. The van der Waals surface area contributed by atoms with Gasteiger partial charge < -0.3 is 9.64 Å². The van der Waals surface area contributed by atoms with Crippen molar-refractivity contribution in [3.05, 3.63) is 71.3 Å². The largest absolute Gasteiger partial charge is 0.416 e. The Labute approximate surface area is 156 Å². The van der Waals surface area contributed by atoms with Crippen molar-refractivity contribution in [1.82, 2.24) is 4.90 Å². The Hall–Kier alpha value is -2.34. The lowest BCUT2D eigenvalue weighted by Crippen LogP contribution is -2.43. The quantitative estimate of drug-likeness (QED) is 0.770. The van der Waals surface area contributed by atoms with Gasteiger partial charge in [0.1, 0.15) is 0 Å². The van der Waals surface area contributed by atoms with Gasteiger partial charge in [-0.05, 0) is 36.1 Å². The summed E-state index contributed by atoms with van der Waals surface area (Å²) in [5, 5.41) is 0. The smallest absolute Gasteiger partial charge is 0.372 e. The summed E-state index contributed by atoms with van der Waals surface area (Å²) >= 11 is 0. The Bertz CT molecular complexity index is 744. The van der Waals surface area contributed by atoms with Gasteiger partial charge >= 0.3 is 6.18 Å². The molecule has 0 aromatic heterocycles. The van der Waals surface area contributed by atoms with Crippen molar-refractivity contribution in [2.24, 2.45) is 0 Å². The van der Waals surface area contributed by atoms with E-state index in [4.69, 9.17) is 4.74 Å². The number of carbonyl (C=O) groups is 1. The molecular formula is C21H22F3NO2. The van der Waals surface area contributed by atoms with Gasteiger partial charge in [-0.15, -0.1) is 0 Å². The molecule has 0 radical (unpaired) electrons. The average molecular weight is 377 g/mol. The van der Waals surface area contributed by atoms with Gasteiger partial charge in [0.2, 0.25) is 5.91 Å². The summed E-state index contributed by atoms with van der Waals surface area (Å²) in [7, 11) is 0. The number of benzene rings is 2. The van der Waals surface area contributed by atoms with Gasteiger partial charge in [-0.2, -0.15) is 13.2 Å². The lowest BCUT2D eigenvalue weighted by Gasteiger charge is -2.33. The lowest BCUT2D eigenvalue weighted by molar-refractivity contribution is -0.137. The van der Waals surface area contributed by atoms with Crippen LogP contribution in [0.2, 0.25) is 0 Å². The fourth-order valence-electron chi connectivity index (χ4n) is 3.19. The summed E-state index contributed by atoms with van der Waals surface area (Å²) in [6.45, 7) is 1.47. The predicted molar refractivity (Wildman–Crippen MR) is 96.0 cm³/mol. The number of carbonyl (C=O) groups excluding carboxylic acids is 1. The number of ether oxygens (including phenoxy) is 1. The highest BCUT2D eigenvalue weighted by atomic mass is 19.4. The molecule has 0 N–H and O–H groups in total. The Kier molecular flexibility index (Phi) is 6.16. The van der Waals surface area contributed by atoms with Crippen LogP contribution in [0.15, 0.2) is 54.6 Å². The fourth-order valence-corrected chi connectivity index (χ4v) is 3.19. The molecule has 27 heavy (non-hydrogen) atoms. The minimum absolute atomic E-state index is 0.0732. The van der Waals surface area contributed by atoms with Crippen LogP contribution in [0.5, 0.6) is 0 Å². The molecule has 0 aliphatic carbocycles. The van der Waals surface area contributed by atoms with E-state index in [0.29, 0.717) is 25.1 Å². The summed E-state index contributed by atoms with van der Waals surface area (Å²) in [5.41, 5.74) is 1.01. The Morgan fingerprint density at radius 1 is 1.04 bits per heavy atom. The minimum atomic E-state index is -4.33. The number of rotatable bonds is 5. The molecule has 1 aliphatic rings. The number of nitrogens with zero attached hydrogens (tertiary/aromatic N) is 1. The molecule has 0 bridgehead atoms. The van der Waals surface area contributed by atoms with Gasteiger partial charge in [0.25, 0.3) is 0 Å². The van der Waals surface area contributed by atoms with Crippen molar-refractivity contribution in [3.63, 3.8) is 0 Å².